The molecule has 0 N–H and O–H groups in total. The molecule has 2 aliphatic rings. The van der Waals surface area contributed by atoms with Gasteiger partial charge < -0.3 is 4.74 Å². The highest BCUT2D eigenvalue weighted by molar-refractivity contribution is 7.91. The molecular weight excluding hydrogens is 328 g/mol. The Morgan fingerprint density at radius 3 is 2.50 bits per heavy atom. The van der Waals surface area contributed by atoms with Crippen molar-refractivity contribution in [1.82, 2.24) is 4.31 Å². The second-order valence-corrected chi connectivity index (χ2v) is 9.32. The lowest BCUT2D eigenvalue weighted by atomic mass is 9.75. The van der Waals surface area contributed by atoms with E-state index in [2.05, 4.69) is 15.8 Å². The van der Waals surface area contributed by atoms with Gasteiger partial charge in [-0.1, -0.05) is 18.2 Å². The molecule has 0 aromatic heterocycles. The van der Waals surface area contributed by atoms with Gasteiger partial charge in [0.15, 0.2) is 4.75 Å². The summed E-state index contributed by atoms with van der Waals surface area (Å²) in [6.45, 7) is 3.52. The molecule has 1 spiro atoms. The zero-order valence-electron chi connectivity index (χ0n) is 14.2. The molecular formula is C17H22N2O4S. The fourth-order valence-electron chi connectivity index (χ4n) is 3.47. The SMILES string of the molecule is COC(=O)C(C)(C)S(=O)(=O)N1CCC2(C=Nc3ccccc32)CC1. The Morgan fingerprint density at radius 2 is 1.88 bits per heavy atom. The number of hydrogen-bond acceptors (Lipinski definition) is 5. The molecule has 6 nitrogen and oxygen atoms in total. The Hall–Kier alpha value is -1.73. The van der Waals surface area contributed by atoms with E-state index in [0.29, 0.717) is 25.9 Å². The Kier molecular flexibility index (Phi) is 4.04. The van der Waals surface area contributed by atoms with Crippen molar-refractivity contribution >= 4 is 27.9 Å². The van der Waals surface area contributed by atoms with Gasteiger partial charge in [0.1, 0.15) is 0 Å². The van der Waals surface area contributed by atoms with E-state index in [1.807, 2.05) is 24.4 Å². The third-order valence-electron chi connectivity index (χ3n) is 5.17. The molecule has 0 saturated carbocycles. The number of nitrogens with zero attached hydrogens (tertiary/aromatic N) is 2. The third kappa shape index (κ3) is 2.38. The van der Waals surface area contributed by atoms with Gasteiger partial charge in [0, 0.05) is 24.7 Å². The van der Waals surface area contributed by atoms with Crippen LogP contribution in [0.4, 0.5) is 5.69 Å². The number of ether oxygens (including phenoxy) is 1. The van der Waals surface area contributed by atoms with Crippen LogP contribution in [0, 0.1) is 0 Å². The number of fused-ring (bicyclic) bond motifs is 2. The van der Waals surface area contributed by atoms with E-state index in [1.165, 1.54) is 25.3 Å². The number of esters is 1. The summed E-state index contributed by atoms with van der Waals surface area (Å²) in [6, 6.07) is 7.97. The number of hydrogen-bond donors (Lipinski definition) is 0. The molecule has 1 fully saturated rings. The summed E-state index contributed by atoms with van der Waals surface area (Å²) in [5.41, 5.74) is 1.93. The van der Waals surface area contributed by atoms with Crippen LogP contribution in [0.5, 0.6) is 0 Å². The number of methoxy groups -OCH3 is 1. The maximum Gasteiger partial charge on any atom is 0.328 e. The average Bonchev–Trinajstić information content (AvgIpc) is 2.93. The average molecular weight is 350 g/mol. The van der Waals surface area contributed by atoms with Gasteiger partial charge in [-0.15, -0.1) is 0 Å². The molecule has 24 heavy (non-hydrogen) atoms. The molecule has 0 atom stereocenters. The highest BCUT2D eigenvalue weighted by Crippen LogP contribution is 2.44. The fourth-order valence-corrected chi connectivity index (χ4v) is 5.07. The van der Waals surface area contributed by atoms with Crippen LogP contribution in [-0.4, -0.2) is 49.9 Å². The predicted molar refractivity (Wildman–Crippen MR) is 92.1 cm³/mol. The number of benzene rings is 1. The maximum absolute atomic E-state index is 12.8. The first-order valence-corrected chi connectivity index (χ1v) is 9.41. The Bertz CT molecular complexity index is 791. The number of piperidine rings is 1. The summed E-state index contributed by atoms with van der Waals surface area (Å²) in [4.78, 5) is 16.4. The summed E-state index contributed by atoms with van der Waals surface area (Å²) in [7, 11) is -2.58. The van der Waals surface area contributed by atoms with Crippen molar-refractivity contribution in [1.29, 1.82) is 0 Å². The van der Waals surface area contributed by atoms with Gasteiger partial charge in [0.05, 0.1) is 12.8 Å². The van der Waals surface area contributed by atoms with Crippen LogP contribution in [0.15, 0.2) is 29.3 Å². The largest absolute Gasteiger partial charge is 0.468 e. The second kappa shape index (κ2) is 5.67. The first-order valence-electron chi connectivity index (χ1n) is 7.97. The highest BCUT2D eigenvalue weighted by atomic mass is 32.2. The zero-order valence-corrected chi connectivity index (χ0v) is 15.0. The summed E-state index contributed by atoms with van der Waals surface area (Å²) in [6.07, 6.45) is 3.26. The molecule has 3 rings (SSSR count). The number of rotatable bonds is 3. The molecule has 130 valence electrons. The van der Waals surface area contributed by atoms with Gasteiger partial charge in [0.2, 0.25) is 10.0 Å². The van der Waals surface area contributed by atoms with Crippen molar-refractivity contribution in [2.24, 2.45) is 4.99 Å². The van der Waals surface area contributed by atoms with Crippen molar-refractivity contribution in [2.45, 2.75) is 36.9 Å². The van der Waals surface area contributed by atoms with Crippen LogP contribution in [0.1, 0.15) is 32.3 Å². The van der Waals surface area contributed by atoms with Gasteiger partial charge in [-0.3, -0.25) is 9.79 Å². The molecule has 0 radical (unpaired) electrons. The lowest BCUT2D eigenvalue weighted by Crippen LogP contribution is -2.54. The van der Waals surface area contributed by atoms with Crippen LogP contribution >= 0.6 is 0 Å². The van der Waals surface area contributed by atoms with Crippen molar-refractivity contribution in [2.75, 3.05) is 20.2 Å². The van der Waals surface area contributed by atoms with E-state index in [1.54, 1.807) is 0 Å². The molecule has 2 heterocycles. The summed E-state index contributed by atoms with van der Waals surface area (Å²) in [5.74, 6) is -0.740. The number of para-hydroxylation sites is 1. The minimum atomic E-state index is -3.78. The van der Waals surface area contributed by atoms with Crippen molar-refractivity contribution in [3.8, 4) is 0 Å². The maximum atomic E-state index is 12.8. The molecule has 1 saturated heterocycles. The Balaban J connectivity index is 1.82. The first-order chi connectivity index (χ1) is 11.2. The van der Waals surface area contributed by atoms with E-state index in [-0.39, 0.29) is 5.41 Å². The van der Waals surface area contributed by atoms with E-state index >= 15 is 0 Å². The number of carbonyl (C=O) groups is 1. The number of carbonyl (C=O) groups excluding carboxylic acids is 1. The van der Waals surface area contributed by atoms with Crippen LogP contribution in [-0.2, 0) is 25.0 Å². The quantitative estimate of drug-likeness (QED) is 0.782. The van der Waals surface area contributed by atoms with Crippen molar-refractivity contribution < 1.29 is 17.9 Å². The van der Waals surface area contributed by atoms with Crippen LogP contribution in [0.2, 0.25) is 0 Å². The smallest absolute Gasteiger partial charge is 0.328 e. The zero-order chi connectivity index (χ0) is 17.6. The van der Waals surface area contributed by atoms with Gasteiger partial charge in [0.25, 0.3) is 0 Å². The molecule has 1 aromatic rings. The molecule has 0 unspecified atom stereocenters. The molecule has 0 bridgehead atoms. The minimum absolute atomic E-state index is 0.196. The minimum Gasteiger partial charge on any atom is -0.468 e. The first kappa shape index (κ1) is 17.1. The van der Waals surface area contributed by atoms with E-state index < -0.39 is 20.7 Å². The van der Waals surface area contributed by atoms with Crippen LogP contribution < -0.4 is 0 Å². The van der Waals surface area contributed by atoms with Gasteiger partial charge in [-0.25, -0.2) is 12.7 Å². The lowest BCUT2D eigenvalue weighted by Gasteiger charge is -2.39. The molecule has 0 aliphatic carbocycles. The van der Waals surface area contributed by atoms with E-state index in [9.17, 15) is 13.2 Å². The molecule has 1 aromatic carbocycles. The third-order valence-corrected chi connectivity index (χ3v) is 7.67. The fraction of sp³-hybridized carbons (Fsp3) is 0.529. The molecule has 2 aliphatic heterocycles. The summed E-state index contributed by atoms with van der Waals surface area (Å²) < 4.78 is 30.2. The summed E-state index contributed by atoms with van der Waals surface area (Å²) in [5, 5.41) is 0. The predicted octanol–water partition coefficient (Wildman–Crippen LogP) is 2.02. The normalized spacial score (nSPS) is 20.1. The second-order valence-electron chi connectivity index (χ2n) is 6.84. The molecule has 0 amide bonds. The van der Waals surface area contributed by atoms with Crippen LogP contribution in [0.25, 0.3) is 0 Å². The van der Waals surface area contributed by atoms with Gasteiger partial charge >= 0.3 is 5.97 Å². The van der Waals surface area contributed by atoms with Crippen molar-refractivity contribution in [3.63, 3.8) is 0 Å². The topological polar surface area (TPSA) is 76.0 Å². The van der Waals surface area contributed by atoms with Gasteiger partial charge in [-0.05, 0) is 38.3 Å². The highest BCUT2D eigenvalue weighted by Gasteiger charge is 2.49. The van der Waals surface area contributed by atoms with Crippen molar-refractivity contribution in [3.05, 3.63) is 29.8 Å². The van der Waals surface area contributed by atoms with Gasteiger partial charge in [-0.2, -0.15) is 0 Å². The standard InChI is InChI=1S/C17H22N2O4S/c1-16(2,15(20)23-3)24(21,22)19-10-8-17(9-11-19)12-18-14-7-5-4-6-13(14)17/h4-7,12H,8-11H2,1-3H3. The summed E-state index contributed by atoms with van der Waals surface area (Å²) >= 11 is 0. The number of sulfonamides is 1. The Labute approximate surface area is 142 Å². The monoisotopic (exact) mass is 350 g/mol. The lowest BCUT2D eigenvalue weighted by molar-refractivity contribution is -0.142. The molecule has 7 heteroatoms. The Morgan fingerprint density at radius 1 is 1.25 bits per heavy atom. The van der Waals surface area contributed by atoms with Crippen LogP contribution in [0.3, 0.4) is 0 Å². The van der Waals surface area contributed by atoms with E-state index in [0.717, 1.165) is 11.3 Å². The number of aliphatic imine (C=N–C) groups is 1. The van der Waals surface area contributed by atoms with E-state index in [4.69, 9.17) is 0 Å².